The van der Waals surface area contributed by atoms with Crippen molar-refractivity contribution in [3.05, 3.63) is 24.3 Å². The molecule has 0 saturated carbocycles. The number of hydrogen-bond donors (Lipinski definition) is 1. The van der Waals surface area contributed by atoms with Crippen LogP contribution in [0.2, 0.25) is 0 Å². The van der Waals surface area contributed by atoms with Crippen molar-refractivity contribution in [2.45, 2.75) is 17.4 Å². The van der Waals surface area contributed by atoms with Crippen molar-refractivity contribution < 1.29 is 17.9 Å². The molecule has 0 radical (unpaired) electrons. The van der Waals surface area contributed by atoms with Gasteiger partial charge in [0.15, 0.2) is 0 Å². The zero-order chi connectivity index (χ0) is 12.3. The fourth-order valence-electron chi connectivity index (χ4n) is 1.43. The molecule has 1 aromatic rings. The van der Waals surface area contributed by atoms with Crippen molar-refractivity contribution in [1.82, 2.24) is 4.72 Å². The molecule has 1 aliphatic heterocycles. The van der Waals surface area contributed by atoms with Crippen LogP contribution in [0.15, 0.2) is 29.2 Å². The first-order chi connectivity index (χ1) is 8.12. The van der Waals surface area contributed by atoms with Crippen LogP contribution in [0.4, 0.5) is 0 Å². The van der Waals surface area contributed by atoms with E-state index in [0.717, 1.165) is 13.0 Å². The lowest BCUT2D eigenvalue weighted by Crippen LogP contribution is -2.25. The number of sulfonamides is 1. The SMILES string of the molecule is COc1ccc(S(=O)(=O)NCCC2CO2)cc1. The minimum atomic E-state index is -3.41. The molecule has 0 aromatic heterocycles. The smallest absolute Gasteiger partial charge is 0.240 e. The predicted octanol–water partition coefficient (Wildman–Crippen LogP) is 0.762. The van der Waals surface area contributed by atoms with Crippen molar-refractivity contribution >= 4 is 10.0 Å². The van der Waals surface area contributed by atoms with Crippen LogP contribution < -0.4 is 9.46 Å². The molecule has 0 aliphatic carbocycles. The van der Waals surface area contributed by atoms with Crippen molar-refractivity contribution in [2.75, 3.05) is 20.3 Å². The molecule has 94 valence electrons. The second-order valence-electron chi connectivity index (χ2n) is 3.82. The van der Waals surface area contributed by atoms with Crippen LogP contribution >= 0.6 is 0 Å². The Morgan fingerprint density at radius 3 is 2.59 bits per heavy atom. The van der Waals surface area contributed by atoms with Crippen LogP contribution in [0, 0.1) is 0 Å². The Kier molecular flexibility index (Phi) is 3.66. The van der Waals surface area contributed by atoms with Crippen molar-refractivity contribution in [1.29, 1.82) is 0 Å². The summed E-state index contributed by atoms with van der Waals surface area (Å²) in [5.74, 6) is 0.635. The van der Waals surface area contributed by atoms with Gasteiger partial charge in [-0.1, -0.05) is 0 Å². The highest BCUT2D eigenvalue weighted by atomic mass is 32.2. The maximum Gasteiger partial charge on any atom is 0.240 e. The van der Waals surface area contributed by atoms with Crippen LogP contribution in [0.5, 0.6) is 5.75 Å². The maximum absolute atomic E-state index is 11.8. The zero-order valence-corrected chi connectivity index (χ0v) is 10.4. The van der Waals surface area contributed by atoms with E-state index < -0.39 is 10.0 Å². The average Bonchev–Trinajstić information content (AvgIpc) is 3.13. The Labute approximate surface area is 101 Å². The lowest BCUT2D eigenvalue weighted by Gasteiger charge is -2.06. The van der Waals surface area contributed by atoms with Gasteiger partial charge in [-0.05, 0) is 30.7 Å². The van der Waals surface area contributed by atoms with E-state index in [0.29, 0.717) is 12.3 Å². The third-order valence-electron chi connectivity index (χ3n) is 2.53. The molecular formula is C11H15NO4S. The summed E-state index contributed by atoms with van der Waals surface area (Å²) in [6, 6.07) is 6.29. The number of nitrogens with one attached hydrogen (secondary N) is 1. The van der Waals surface area contributed by atoms with Crippen LogP contribution in [-0.4, -0.2) is 34.8 Å². The van der Waals surface area contributed by atoms with Gasteiger partial charge in [0, 0.05) is 6.54 Å². The molecule has 17 heavy (non-hydrogen) atoms. The Bertz CT molecular complexity index is 465. The van der Waals surface area contributed by atoms with Gasteiger partial charge in [0.25, 0.3) is 0 Å². The van der Waals surface area contributed by atoms with E-state index in [4.69, 9.17) is 9.47 Å². The molecule has 0 spiro atoms. The number of rotatable bonds is 6. The summed E-state index contributed by atoms with van der Waals surface area (Å²) in [6.45, 7) is 1.14. The van der Waals surface area contributed by atoms with Gasteiger partial charge in [-0.2, -0.15) is 0 Å². The minimum Gasteiger partial charge on any atom is -0.497 e. The number of hydrogen-bond acceptors (Lipinski definition) is 4. The molecule has 1 atom stereocenters. The number of ether oxygens (including phenoxy) is 2. The van der Waals surface area contributed by atoms with Gasteiger partial charge in [0.05, 0.1) is 24.7 Å². The van der Waals surface area contributed by atoms with Crippen LogP contribution in [0.3, 0.4) is 0 Å². The molecule has 0 amide bonds. The first kappa shape index (κ1) is 12.3. The molecule has 6 heteroatoms. The molecule has 1 N–H and O–H groups in total. The van der Waals surface area contributed by atoms with Crippen molar-refractivity contribution in [3.8, 4) is 5.75 Å². The highest BCUT2D eigenvalue weighted by Crippen LogP contribution is 2.16. The normalized spacial score (nSPS) is 19.0. The lowest BCUT2D eigenvalue weighted by molar-refractivity contribution is 0.396. The Morgan fingerprint density at radius 2 is 2.06 bits per heavy atom. The third-order valence-corrected chi connectivity index (χ3v) is 4.01. The van der Waals surface area contributed by atoms with Crippen LogP contribution in [0.1, 0.15) is 6.42 Å². The molecule has 5 nitrogen and oxygen atoms in total. The molecule has 1 heterocycles. The van der Waals surface area contributed by atoms with Crippen molar-refractivity contribution in [2.24, 2.45) is 0 Å². The summed E-state index contributed by atoms with van der Waals surface area (Å²) in [6.07, 6.45) is 0.948. The summed E-state index contributed by atoms with van der Waals surface area (Å²) in [5, 5.41) is 0. The van der Waals surface area contributed by atoms with E-state index in [9.17, 15) is 8.42 Å². The summed E-state index contributed by atoms with van der Waals surface area (Å²) in [5.41, 5.74) is 0. The highest BCUT2D eigenvalue weighted by molar-refractivity contribution is 7.89. The summed E-state index contributed by atoms with van der Waals surface area (Å²) < 4.78 is 36.2. The molecule has 1 fully saturated rings. The highest BCUT2D eigenvalue weighted by Gasteiger charge is 2.23. The Hall–Kier alpha value is -1.11. The average molecular weight is 257 g/mol. The lowest BCUT2D eigenvalue weighted by atomic mass is 10.3. The second kappa shape index (κ2) is 5.03. The van der Waals surface area contributed by atoms with Gasteiger partial charge in [0.2, 0.25) is 10.0 Å². The summed E-state index contributed by atoms with van der Waals surface area (Å²) >= 11 is 0. The van der Waals surface area contributed by atoms with Gasteiger partial charge >= 0.3 is 0 Å². The standard InChI is InChI=1S/C11H15NO4S/c1-15-9-2-4-11(5-3-9)17(13,14)12-7-6-10-8-16-10/h2-5,10,12H,6-8H2,1H3. The molecule has 1 unspecified atom stereocenters. The molecule has 1 aromatic carbocycles. The van der Waals surface area contributed by atoms with E-state index in [-0.39, 0.29) is 11.0 Å². The zero-order valence-electron chi connectivity index (χ0n) is 9.55. The quantitative estimate of drug-likeness (QED) is 0.764. The van der Waals surface area contributed by atoms with Gasteiger partial charge < -0.3 is 9.47 Å². The molecule has 0 bridgehead atoms. The first-order valence-corrected chi connectivity index (χ1v) is 6.85. The number of benzene rings is 1. The fourth-order valence-corrected chi connectivity index (χ4v) is 2.47. The van der Waals surface area contributed by atoms with E-state index in [1.807, 2.05) is 0 Å². The molecule has 2 rings (SSSR count). The van der Waals surface area contributed by atoms with E-state index in [2.05, 4.69) is 4.72 Å². The monoisotopic (exact) mass is 257 g/mol. The maximum atomic E-state index is 11.8. The second-order valence-corrected chi connectivity index (χ2v) is 5.58. The molecular weight excluding hydrogens is 242 g/mol. The number of epoxide rings is 1. The van der Waals surface area contributed by atoms with Crippen LogP contribution in [-0.2, 0) is 14.8 Å². The first-order valence-electron chi connectivity index (χ1n) is 5.37. The van der Waals surface area contributed by atoms with Gasteiger partial charge in [0.1, 0.15) is 5.75 Å². The van der Waals surface area contributed by atoms with E-state index in [1.165, 1.54) is 19.2 Å². The number of methoxy groups -OCH3 is 1. The minimum absolute atomic E-state index is 0.230. The Morgan fingerprint density at radius 1 is 1.41 bits per heavy atom. The molecule has 1 saturated heterocycles. The summed E-state index contributed by atoms with van der Waals surface area (Å²) in [4.78, 5) is 0.245. The van der Waals surface area contributed by atoms with Crippen molar-refractivity contribution in [3.63, 3.8) is 0 Å². The van der Waals surface area contributed by atoms with Gasteiger partial charge in [-0.3, -0.25) is 0 Å². The summed E-state index contributed by atoms with van der Waals surface area (Å²) in [7, 11) is -1.88. The third kappa shape index (κ3) is 3.42. The van der Waals surface area contributed by atoms with Gasteiger partial charge in [-0.25, -0.2) is 13.1 Å². The Balaban J connectivity index is 1.96. The van der Waals surface area contributed by atoms with E-state index >= 15 is 0 Å². The van der Waals surface area contributed by atoms with E-state index in [1.54, 1.807) is 12.1 Å². The fraction of sp³-hybridized carbons (Fsp3) is 0.455. The topological polar surface area (TPSA) is 67.9 Å². The largest absolute Gasteiger partial charge is 0.497 e. The molecule has 1 aliphatic rings. The van der Waals surface area contributed by atoms with Crippen LogP contribution in [0.25, 0.3) is 0 Å². The predicted molar refractivity (Wildman–Crippen MR) is 62.5 cm³/mol. The van der Waals surface area contributed by atoms with Gasteiger partial charge in [-0.15, -0.1) is 0 Å².